The molecule has 1 aliphatic carbocycles. The van der Waals surface area contributed by atoms with Crippen molar-refractivity contribution in [3.8, 4) is 0 Å². The minimum atomic E-state index is -0.767. The Morgan fingerprint density at radius 3 is 2.27 bits per heavy atom. The van der Waals surface area contributed by atoms with E-state index in [0.29, 0.717) is 5.92 Å². The molecule has 0 heterocycles. The summed E-state index contributed by atoms with van der Waals surface area (Å²) in [5, 5.41) is 0. The van der Waals surface area contributed by atoms with E-state index in [1.807, 2.05) is 0 Å². The quantitative estimate of drug-likeness (QED) is 0.462. The van der Waals surface area contributed by atoms with E-state index < -0.39 is 7.26 Å². The highest BCUT2D eigenvalue weighted by molar-refractivity contribution is 7.74. The Kier molecular flexibility index (Phi) is 2.70. The molecular weight excluding hydrogens is 155 g/mol. The second-order valence-electron chi connectivity index (χ2n) is 4.41. The van der Waals surface area contributed by atoms with Gasteiger partial charge in [0.15, 0.2) is 0 Å². The number of carbonyl (C=O) groups is 1. The van der Waals surface area contributed by atoms with E-state index in [1.54, 1.807) is 0 Å². The fourth-order valence-corrected chi connectivity index (χ4v) is 4.41. The Balaban J connectivity index is 2.63. The Morgan fingerprint density at radius 2 is 1.91 bits per heavy atom. The van der Waals surface area contributed by atoms with Crippen molar-refractivity contribution >= 4 is 13.5 Å². The number of rotatable bonds is 2. The van der Waals surface area contributed by atoms with Crippen molar-refractivity contribution in [3.63, 3.8) is 0 Å². The van der Waals surface area contributed by atoms with Crippen molar-refractivity contribution in [3.05, 3.63) is 0 Å². The van der Waals surface area contributed by atoms with Crippen molar-refractivity contribution in [2.75, 3.05) is 20.0 Å². The van der Waals surface area contributed by atoms with Crippen molar-refractivity contribution < 1.29 is 4.79 Å². The lowest BCUT2D eigenvalue weighted by atomic mass is 10.1. The third-order valence-corrected chi connectivity index (χ3v) is 5.33. The normalized spacial score (nSPS) is 32.3. The lowest BCUT2D eigenvalue weighted by molar-refractivity contribution is -0.110. The molecule has 0 aromatic rings. The predicted molar refractivity (Wildman–Crippen MR) is 51.9 cm³/mol. The summed E-state index contributed by atoms with van der Waals surface area (Å²) in [5.74, 6) is 0.392. The second kappa shape index (κ2) is 3.23. The summed E-state index contributed by atoms with van der Waals surface area (Å²) < 4.78 is 0. The van der Waals surface area contributed by atoms with E-state index >= 15 is 0 Å². The lowest BCUT2D eigenvalue weighted by Gasteiger charge is -2.22. The van der Waals surface area contributed by atoms with Gasteiger partial charge < -0.3 is 4.79 Å². The van der Waals surface area contributed by atoms with Crippen LogP contribution in [0.4, 0.5) is 0 Å². The molecule has 1 saturated carbocycles. The SMILES string of the molecule is C[P+](C)(C)C1CCCC1C=O. The molecule has 0 saturated heterocycles. The van der Waals surface area contributed by atoms with Crippen LogP contribution in [0.15, 0.2) is 0 Å². The topological polar surface area (TPSA) is 17.1 Å². The summed E-state index contributed by atoms with van der Waals surface area (Å²) in [6.45, 7) is 7.04. The van der Waals surface area contributed by atoms with Crippen LogP contribution in [0.2, 0.25) is 0 Å². The van der Waals surface area contributed by atoms with Gasteiger partial charge in [0.1, 0.15) is 6.29 Å². The molecule has 0 spiro atoms. The minimum absolute atomic E-state index is 0.392. The van der Waals surface area contributed by atoms with Crippen LogP contribution >= 0.6 is 7.26 Å². The zero-order valence-electron chi connectivity index (χ0n) is 7.71. The standard InChI is InChI=1S/C9H18OP/c1-11(2,3)9-6-4-5-8(9)7-10/h7-9H,4-6H2,1-3H3/q+1. The molecule has 2 atom stereocenters. The number of hydrogen-bond acceptors (Lipinski definition) is 1. The van der Waals surface area contributed by atoms with Gasteiger partial charge in [-0.1, -0.05) is 0 Å². The zero-order valence-corrected chi connectivity index (χ0v) is 8.60. The van der Waals surface area contributed by atoms with Gasteiger partial charge >= 0.3 is 0 Å². The maximum atomic E-state index is 10.7. The molecule has 11 heavy (non-hydrogen) atoms. The van der Waals surface area contributed by atoms with Gasteiger partial charge in [-0.25, -0.2) is 0 Å². The summed E-state index contributed by atoms with van der Waals surface area (Å²) in [5.41, 5.74) is 0.736. The average molecular weight is 173 g/mol. The van der Waals surface area contributed by atoms with Crippen LogP contribution in [0.5, 0.6) is 0 Å². The second-order valence-corrected chi connectivity index (χ2v) is 9.31. The monoisotopic (exact) mass is 173 g/mol. The third-order valence-electron chi connectivity index (χ3n) is 2.70. The molecule has 0 radical (unpaired) electrons. The summed E-state index contributed by atoms with van der Waals surface area (Å²) in [6.07, 6.45) is 4.89. The molecule has 0 aliphatic heterocycles. The van der Waals surface area contributed by atoms with E-state index in [4.69, 9.17) is 0 Å². The highest BCUT2D eigenvalue weighted by Crippen LogP contribution is 2.59. The first-order valence-corrected chi connectivity index (χ1v) is 7.52. The highest BCUT2D eigenvalue weighted by Gasteiger charge is 2.40. The molecule has 0 aromatic heterocycles. The van der Waals surface area contributed by atoms with E-state index in [1.165, 1.54) is 19.1 Å². The predicted octanol–water partition coefficient (Wildman–Crippen LogP) is 2.26. The van der Waals surface area contributed by atoms with Crippen LogP contribution in [0.25, 0.3) is 0 Å². The van der Waals surface area contributed by atoms with Gasteiger partial charge in [0.25, 0.3) is 0 Å². The highest BCUT2D eigenvalue weighted by atomic mass is 31.2. The van der Waals surface area contributed by atoms with Gasteiger partial charge in [0.2, 0.25) is 0 Å². The first kappa shape index (κ1) is 9.19. The Labute approximate surface area is 69.9 Å². The molecule has 0 aromatic carbocycles. The van der Waals surface area contributed by atoms with Crippen molar-refractivity contribution in [2.24, 2.45) is 5.92 Å². The summed E-state index contributed by atoms with van der Waals surface area (Å²) >= 11 is 0. The number of aldehydes is 1. The lowest BCUT2D eigenvalue weighted by Crippen LogP contribution is -2.17. The van der Waals surface area contributed by atoms with Gasteiger partial charge in [-0.15, -0.1) is 0 Å². The molecule has 1 nitrogen and oxygen atoms in total. The summed E-state index contributed by atoms with van der Waals surface area (Å²) in [7, 11) is -0.767. The van der Waals surface area contributed by atoms with E-state index in [0.717, 1.165) is 12.1 Å². The Bertz CT molecular complexity index is 148. The molecule has 0 bridgehead atoms. The first-order valence-electron chi connectivity index (χ1n) is 4.32. The molecule has 0 amide bonds. The van der Waals surface area contributed by atoms with Gasteiger partial charge in [-0.3, -0.25) is 0 Å². The zero-order chi connectivity index (χ0) is 8.48. The fraction of sp³-hybridized carbons (Fsp3) is 0.889. The Hall–Kier alpha value is 0.100. The third kappa shape index (κ3) is 2.02. The van der Waals surface area contributed by atoms with Crippen LogP contribution in [0, 0.1) is 5.92 Å². The van der Waals surface area contributed by atoms with Crippen LogP contribution in [-0.4, -0.2) is 31.9 Å². The van der Waals surface area contributed by atoms with Crippen LogP contribution < -0.4 is 0 Å². The number of carbonyl (C=O) groups excluding carboxylic acids is 1. The van der Waals surface area contributed by atoms with E-state index in [-0.39, 0.29) is 0 Å². The number of hydrogen-bond donors (Lipinski definition) is 0. The van der Waals surface area contributed by atoms with Crippen LogP contribution in [0.3, 0.4) is 0 Å². The maximum absolute atomic E-state index is 10.7. The van der Waals surface area contributed by atoms with Crippen molar-refractivity contribution in [2.45, 2.75) is 24.9 Å². The maximum Gasteiger partial charge on any atom is 0.126 e. The molecule has 2 heteroatoms. The molecule has 0 N–H and O–H groups in total. The molecular formula is C9H18OP+. The van der Waals surface area contributed by atoms with Crippen LogP contribution in [-0.2, 0) is 4.79 Å². The Morgan fingerprint density at radius 1 is 1.27 bits per heavy atom. The minimum Gasteiger partial charge on any atom is -0.303 e. The molecule has 64 valence electrons. The van der Waals surface area contributed by atoms with E-state index in [9.17, 15) is 4.79 Å². The van der Waals surface area contributed by atoms with Gasteiger partial charge in [-0.2, -0.15) is 0 Å². The van der Waals surface area contributed by atoms with Gasteiger partial charge in [0.05, 0.1) is 11.6 Å². The molecule has 1 aliphatic rings. The smallest absolute Gasteiger partial charge is 0.126 e. The summed E-state index contributed by atoms with van der Waals surface area (Å²) in [4.78, 5) is 10.7. The van der Waals surface area contributed by atoms with E-state index in [2.05, 4.69) is 20.0 Å². The van der Waals surface area contributed by atoms with Crippen molar-refractivity contribution in [1.82, 2.24) is 0 Å². The molecule has 1 fully saturated rings. The average Bonchev–Trinajstić information content (AvgIpc) is 2.31. The van der Waals surface area contributed by atoms with Gasteiger partial charge in [-0.05, 0) is 19.3 Å². The first-order chi connectivity index (χ1) is 5.05. The largest absolute Gasteiger partial charge is 0.303 e. The van der Waals surface area contributed by atoms with Crippen LogP contribution in [0.1, 0.15) is 19.3 Å². The molecule has 1 rings (SSSR count). The fourth-order valence-electron chi connectivity index (χ4n) is 2.09. The van der Waals surface area contributed by atoms with Crippen molar-refractivity contribution in [1.29, 1.82) is 0 Å². The van der Waals surface area contributed by atoms with Gasteiger partial charge in [0, 0.05) is 27.3 Å². The molecule has 2 unspecified atom stereocenters. The summed E-state index contributed by atoms with van der Waals surface area (Å²) in [6, 6.07) is 0.